The predicted octanol–water partition coefficient (Wildman–Crippen LogP) is 1.89. The van der Waals surface area contributed by atoms with Gasteiger partial charge in [0.1, 0.15) is 11.9 Å². The number of benzene rings is 1. The van der Waals surface area contributed by atoms with Gasteiger partial charge < -0.3 is 21.3 Å². The molecule has 4 N–H and O–H groups in total. The predicted molar refractivity (Wildman–Crippen MR) is 90.9 cm³/mol. The van der Waals surface area contributed by atoms with E-state index in [1.165, 1.54) is 24.9 Å². The van der Waals surface area contributed by atoms with Crippen LogP contribution in [0.1, 0.15) is 30.9 Å². The van der Waals surface area contributed by atoms with Crippen LogP contribution < -0.4 is 21.3 Å². The zero-order valence-electron chi connectivity index (χ0n) is 12.3. The Balaban J connectivity index is 1.84. The van der Waals surface area contributed by atoms with Gasteiger partial charge in [0.05, 0.1) is 11.6 Å². The number of nitrogens with zero attached hydrogens (tertiary/aromatic N) is 2. The highest BCUT2D eigenvalue weighted by molar-refractivity contribution is 7.80. The Morgan fingerprint density at radius 2 is 1.86 bits per heavy atom. The van der Waals surface area contributed by atoms with Gasteiger partial charge in [0.2, 0.25) is 0 Å². The third kappa shape index (κ3) is 2.85. The Morgan fingerprint density at radius 1 is 1.18 bits per heavy atom. The molecular weight excluding hydrogens is 294 g/mol. The van der Waals surface area contributed by atoms with Crippen molar-refractivity contribution in [2.24, 2.45) is 5.73 Å². The number of piperidine rings is 1. The van der Waals surface area contributed by atoms with Crippen LogP contribution in [0.3, 0.4) is 0 Å². The lowest BCUT2D eigenvalue weighted by Crippen LogP contribution is -2.45. The Morgan fingerprint density at radius 3 is 2.50 bits per heavy atom. The lowest BCUT2D eigenvalue weighted by Gasteiger charge is -2.30. The smallest absolute Gasteiger partial charge is 0.172 e. The molecule has 1 unspecified atom stereocenters. The van der Waals surface area contributed by atoms with Gasteiger partial charge in [-0.05, 0) is 49.2 Å². The number of nitrogens with one attached hydrogen (secondary N) is 2. The fourth-order valence-electron chi connectivity index (χ4n) is 2.99. The van der Waals surface area contributed by atoms with E-state index >= 15 is 0 Å². The number of hydrogen-bond acceptors (Lipinski definition) is 4. The van der Waals surface area contributed by atoms with Gasteiger partial charge in [-0.25, -0.2) is 0 Å². The minimum atomic E-state index is -0.283. The monoisotopic (exact) mass is 313 g/mol. The van der Waals surface area contributed by atoms with E-state index in [1.54, 1.807) is 0 Å². The second-order valence-corrected chi connectivity index (χ2v) is 6.02. The molecule has 5 nitrogen and oxygen atoms in total. The van der Waals surface area contributed by atoms with Gasteiger partial charge in [-0.1, -0.05) is 12.1 Å². The number of hydrogen-bond donors (Lipinski definition) is 3. The van der Waals surface area contributed by atoms with E-state index in [-0.39, 0.29) is 6.04 Å². The Labute approximate surface area is 135 Å². The average Bonchev–Trinajstić information content (AvgIpc) is 2.55. The van der Waals surface area contributed by atoms with Crippen molar-refractivity contribution >= 4 is 23.0 Å². The normalized spacial score (nSPS) is 21.9. The molecule has 6 heteroatoms. The first kappa shape index (κ1) is 14.7. The molecule has 2 aliphatic rings. The summed E-state index contributed by atoms with van der Waals surface area (Å²) in [4.78, 5) is 2.41. The number of nitriles is 1. The van der Waals surface area contributed by atoms with E-state index in [0.29, 0.717) is 16.5 Å². The summed E-state index contributed by atoms with van der Waals surface area (Å²) in [5.74, 6) is 0.330. The van der Waals surface area contributed by atoms with Crippen molar-refractivity contribution in [2.75, 3.05) is 18.0 Å². The highest BCUT2D eigenvalue weighted by Crippen LogP contribution is 2.27. The minimum Gasteiger partial charge on any atom is -0.384 e. The van der Waals surface area contributed by atoms with E-state index in [1.807, 2.05) is 12.1 Å². The molecule has 0 aromatic heterocycles. The Hall–Kier alpha value is -2.26. The first-order valence-electron chi connectivity index (χ1n) is 7.51. The number of nitrogens with two attached hydrogens (primary N) is 1. The Kier molecular flexibility index (Phi) is 4.16. The molecule has 114 valence electrons. The summed E-state index contributed by atoms with van der Waals surface area (Å²) in [6.07, 6.45) is 3.83. The molecule has 22 heavy (non-hydrogen) atoms. The molecule has 0 radical (unpaired) electrons. The van der Waals surface area contributed by atoms with Crippen molar-refractivity contribution in [3.05, 3.63) is 41.2 Å². The molecule has 0 bridgehead atoms. The topological polar surface area (TPSA) is 77.1 Å². The van der Waals surface area contributed by atoms with Gasteiger partial charge in [0.15, 0.2) is 5.11 Å². The van der Waals surface area contributed by atoms with E-state index in [4.69, 9.17) is 18.0 Å². The number of rotatable bonds is 2. The number of anilines is 1. The van der Waals surface area contributed by atoms with Crippen molar-refractivity contribution in [2.45, 2.75) is 25.3 Å². The maximum absolute atomic E-state index is 9.32. The number of thiocarbonyl (C=S) groups is 1. The van der Waals surface area contributed by atoms with Crippen LogP contribution in [0.4, 0.5) is 5.69 Å². The molecule has 1 atom stereocenters. The lowest BCUT2D eigenvalue weighted by atomic mass is 9.97. The summed E-state index contributed by atoms with van der Waals surface area (Å²) in [6.45, 7) is 2.23. The second-order valence-electron chi connectivity index (χ2n) is 5.61. The van der Waals surface area contributed by atoms with E-state index < -0.39 is 0 Å². The molecule has 1 saturated heterocycles. The molecule has 0 spiro atoms. The van der Waals surface area contributed by atoms with Crippen LogP contribution >= 0.6 is 12.2 Å². The highest BCUT2D eigenvalue weighted by atomic mass is 32.1. The van der Waals surface area contributed by atoms with Crippen LogP contribution in [0.25, 0.3) is 0 Å². The molecular formula is C16H19N5S. The van der Waals surface area contributed by atoms with Crippen molar-refractivity contribution in [3.8, 4) is 6.07 Å². The average molecular weight is 313 g/mol. The molecule has 1 fully saturated rings. The molecule has 1 aromatic rings. The van der Waals surface area contributed by atoms with Crippen molar-refractivity contribution in [3.63, 3.8) is 0 Å². The van der Waals surface area contributed by atoms with Crippen LogP contribution in [-0.4, -0.2) is 18.2 Å². The van der Waals surface area contributed by atoms with Crippen molar-refractivity contribution in [1.29, 1.82) is 5.26 Å². The van der Waals surface area contributed by atoms with Crippen LogP contribution in [0.15, 0.2) is 35.7 Å². The van der Waals surface area contributed by atoms with Gasteiger partial charge in [0, 0.05) is 18.8 Å². The maximum atomic E-state index is 9.32. The third-order valence-corrected chi connectivity index (χ3v) is 4.39. The van der Waals surface area contributed by atoms with Crippen LogP contribution in [0.2, 0.25) is 0 Å². The Bertz CT molecular complexity index is 637. The molecule has 3 rings (SSSR count). The van der Waals surface area contributed by atoms with Gasteiger partial charge in [-0.3, -0.25) is 0 Å². The molecule has 0 amide bonds. The largest absolute Gasteiger partial charge is 0.384 e. The molecule has 0 saturated carbocycles. The zero-order valence-corrected chi connectivity index (χ0v) is 13.1. The van der Waals surface area contributed by atoms with Crippen LogP contribution in [0.5, 0.6) is 0 Å². The van der Waals surface area contributed by atoms with Crippen molar-refractivity contribution < 1.29 is 0 Å². The SMILES string of the molecule is N#CC1=C(N)NC(=S)NC1c1ccc(N2CCCCC2)cc1. The molecule has 2 aliphatic heterocycles. The summed E-state index contributed by atoms with van der Waals surface area (Å²) >= 11 is 5.13. The van der Waals surface area contributed by atoms with Gasteiger partial charge in [-0.2, -0.15) is 5.26 Å². The lowest BCUT2D eigenvalue weighted by molar-refractivity contribution is 0.577. The van der Waals surface area contributed by atoms with Crippen LogP contribution in [0, 0.1) is 11.3 Å². The summed E-state index contributed by atoms with van der Waals surface area (Å²) in [6, 6.07) is 10.2. The van der Waals surface area contributed by atoms with Crippen LogP contribution in [-0.2, 0) is 0 Å². The molecule has 1 aromatic carbocycles. The zero-order chi connectivity index (χ0) is 15.5. The molecule has 0 aliphatic carbocycles. The fraction of sp³-hybridized carbons (Fsp3) is 0.375. The van der Waals surface area contributed by atoms with E-state index in [2.05, 4.69) is 33.7 Å². The first-order chi connectivity index (χ1) is 10.7. The third-order valence-electron chi connectivity index (χ3n) is 4.17. The van der Waals surface area contributed by atoms with Gasteiger partial charge in [-0.15, -0.1) is 0 Å². The van der Waals surface area contributed by atoms with Crippen molar-refractivity contribution in [1.82, 2.24) is 10.6 Å². The van der Waals surface area contributed by atoms with E-state index in [9.17, 15) is 5.26 Å². The summed E-state index contributed by atoms with van der Waals surface area (Å²) in [5.41, 5.74) is 8.56. The fourth-order valence-corrected chi connectivity index (χ4v) is 3.22. The second kappa shape index (κ2) is 6.24. The maximum Gasteiger partial charge on any atom is 0.172 e. The quantitative estimate of drug-likeness (QED) is 0.724. The summed E-state index contributed by atoms with van der Waals surface area (Å²) < 4.78 is 0. The summed E-state index contributed by atoms with van der Waals surface area (Å²) in [5, 5.41) is 15.7. The van der Waals surface area contributed by atoms with Gasteiger partial charge >= 0.3 is 0 Å². The molecule has 2 heterocycles. The van der Waals surface area contributed by atoms with Gasteiger partial charge in [0.25, 0.3) is 0 Å². The first-order valence-corrected chi connectivity index (χ1v) is 7.92. The van der Waals surface area contributed by atoms with E-state index in [0.717, 1.165) is 18.7 Å². The standard InChI is InChI=1S/C16H19N5S/c17-10-13-14(19-16(22)20-15(13)18)11-4-6-12(7-5-11)21-8-2-1-3-9-21/h4-7,14H,1-3,8-9,18H2,(H2,19,20,22). The highest BCUT2D eigenvalue weighted by Gasteiger charge is 2.25. The summed E-state index contributed by atoms with van der Waals surface area (Å²) in [7, 11) is 0. The minimum absolute atomic E-state index is 0.283.